The van der Waals surface area contributed by atoms with E-state index in [1.54, 1.807) is 0 Å². The van der Waals surface area contributed by atoms with E-state index >= 15 is 0 Å². The zero-order chi connectivity index (χ0) is 18.8. The highest BCUT2D eigenvalue weighted by Gasteiger charge is 2.10. The highest BCUT2D eigenvalue weighted by atomic mass is 16.5. The maximum absolute atomic E-state index is 10.1. The van der Waals surface area contributed by atoms with Crippen molar-refractivity contribution in [1.82, 2.24) is 5.32 Å². The molecule has 0 aliphatic rings. The van der Waals surface area contributed by atoms with Gasteiger partial charge < -0.3 is 20.1 Å². The van der Waals surface area contributed by atoms with Crippen molar-refractivity contribution < 1.29 is 9.84 Å². The van der Waals surface area contributed by atoms with E-state index in [-0.39, 0.29) is 0 Å². The van der Waals surface area contributed by atoms with Crippen molar-refractivity contribution in [3.63, 3.8) is 0 Å². The van der Waals surface area contributed by atoms with Gasteiger partial charge in [0.05, 0.1) is 0 Å². The Balaban J connectivity index is 1.61. The highest BCUT2D eigenvalue weighted by Crippen LogP contribution is 2.25. The Bertz CT molecular complexity index is 631. The molecule has 0 aliphatic carbocycles. The first-order valence-electron chi connectivity index (χ1n) is 9.44. The Hall–Kier alpha value is -2.04. The summed E-state index contributed by atoms with van der Waals surface area (Å²) in [6, 6.07) is 18.4. The normalized spacial score (nSPS) is 12.2. The van der Waals surface area contributed by atoms with E-state index in [0.29, 0.717) is 19.1 Å². The van der Waals surface area contributed by atoms with Crippen molar-refractivity contribution in [2.24, 2.45) is 0 Å². The smallest absolute Gasteiger partial charge is 0.122 e. The van der Waals surface area contributed by atoms with Gasteiger partial charge in [-0.1, -0.05) is 50.2 Å². The zero-order valence-corrected chi connectivity index (χ0v) is 16.2. The molecular formula is C22H32N2O2. The highest BCUT2D eigenvalue weighted by molar-refractivity contribution is 5.44. The molecule has 0 bridgehead atoms. The fourth-order valence-corrected chi connectivity index (χ4v) is 2.86. The number of nitrogens with zero attached hydrogens (tertiary/aromatic N) is 1. The molecule has 2 rings (SSSR count). The van der Waals surface area contributed by atoms with Crippen molar-refractivity contribution in [1.29, 1.82) is 0 Å². The predicted molar refractivity (Wildman–Crippen MR) is 109 cm³/mol. The molecule has 4 nitrogen and oxygen atoms in total. The summed E-state index contributed by atoms with van der Waals surface area (Å²) in [5, 5.41) is 13.4. The fourth-order valence-electron chi connectivity index (χ4n) is 2.86. The van der Waals surface area contributed by atoms with E-state index in [4.69, 9.17) is 4.74 Å². The van der Waals surface area contributed by atoms with Gasteiger partial charge >= 0.3 is 0 Å². The van der Waals surface area contributed by atoms with Gasteiger partial charge in [0.1, 0.15) is 18.5 Å². The lowest BCUT2D eigenvalue weighted by atomic mass is 10.0. The molecule has 0 saturated heterocycles. The van der Waals surface area contributed by atoms with Gasteiger partial charge in [0.15, 0.2) is 0 Å². The van der Waals surface area contributed by atoms with E-state index in [1.165, 1.54) is 11.3 Å². The standard InChI is InChI=1S/C22H32N2O2/c1-18(2)21-12-7-8-13-22(21)26-17-20(25)16-23-14-9-15-24(3)19-10-5-4-6-11-19/h4-8,10-13,18,20,23,25H,9,14-17H2,1-3H3/t20-/m0/s1. The van der Waals surface area contributed by atoms with Crippen LogP contribution in [0.25, 0.3) is 0 Å². The third kappa shape index (κ3) is 6.70. The Kier molecular flexibility index (Phi) is 8.45. The van der Waals surface area contributed by atoms with Gasteiger partial charge in [0, 0.05) is 25.8 Å². The van der Waals surface area contributed by atoms with Crippen LogP contribution in [0.1, 0.15) is 31.7 Å². The van der Waals surface area contributed by atoms with E-state index in [0.717, 1.165) is 25.3 Å². The largest absolute Gasteiger partial charge is 0.491 e. The second-order valence-corrected chi connectivity index (χ2v) is 6.97. The van der Waals surface area contributed by atoms with Crippen LogP contribution in [-0.4, -0.2) is 44.5 Å². The molecule has 1 atom stereocenters. The van der Waals surface area contributed by atoms with Crippen LogP contribution in [0.15, 0.2) is 54.6 Å². The average Bonchev–Trinajstić information content (AvgIpc) is 2.66. The van der Waals surface area contributed by atoms with Gasteiger partial charge in [0.2, 0.25) is 0 Å². The Morgan fingerprint density at radius 3 is 2.46 bits per heavy atom. The summed E-state index contributed by atoms with van der Waals surface area (Å²) in [6.45, 7) is 6.99. The van der Waals surface area contributed by atoms with Crippen LogP contribution in [0.5, 0.6) is 5.75 Å². The Morgan fingerprint density at radius 2 is 1.73 bits per heavy atom. The molecule has 0 fully saturated rings. The zero-order valence-electron chi connectivity index (χ0n) is 16.2. The first kappa shape index (κ1) is 20.3. The lowest BCUT2D eigenvalue weighted by Gasteiger charge is -2.20. The summed E-state index contributed by atoms with van der Waals surface area (Å²) in [5.41, 5.74) is 2.40. The van der Waals surface area contributed by atoms with Crippen LogP contribution >= 0.6 is 0 Å². The number of aliphatic hydroxyl groups is 1. The number of hydrogen-bond acceptors (Lipinski definition) is 4. The molecule has 142 valence electrons. The third-order valence-electron chi connectivity index (χ3n) is 4.40. The monoisotopic (exact) mass is 356 g/mol. The van der Waals surface area contributed by atoms with Gasteiger partial charge in [-0.2, -0.15) is 0 Å². The van der Waals surface area contributed by atoms with E-state index in [2.05, 4.69) is 61.4 Å². The van der Waals surface area contributed by atoms with Crippen molar-refractivity contribution in [2.45, 2.75) is 32.3 Å². The molecular weight excluding hydrogens is 324 g/mol. The number of nitrogens with one attached hydrogen (secondary N) is 1. The summed E-state index contributed by atoms with van der Waals surface area (Å²) in [5.74, 6) is 1.27. The number of para-hydroxylation sites is 2. The van der Waals surface area contributed by atoms with Crippen molar-refractivity contribution >= 4 is 5.69 Å². The molecule has 0 amide bonds. The molecule has 0 heterocycles. The molecule has 0 radical (unpaired) electrons. The summed E-state index contributed by atoms with van der Waals surface area (Å²) >= 11 is 0. The van der Waals surface area contributed by atoms with E-state index < -0.39 is 6.10 Å². The topological polar surface area (TPSA) is 44.7 Å². The first-order valence-corrected chi connectivity index (χ1v) is 9.44. The summed E-state index contributed by atoms with van der Waals surface area (Å²) in [4.78, 5) is 2.24. The molecule has 2 aromatic carbocycles. The van der Waals surface area contributed by atoms with Crippen LogP contribution in [0.4, 0.5) is 5.69 Å². The van der Waals surface area contributed by atoms with E-state index in [9.17, 15) is 5.11 Å². The fraction of sp³-hybridized carbons (Fsp3) is 0.455. The van der Waals surface area contributed by atoms with Crippen molar-refractivity contribution in [2.75, 3.05) is 38.2 Å². The number of aliphatic hydroxyl groups excluding tert-OH is 1. The lowest BCUT2D eigenvalue weighted by Crippen LogP contribution is -2.33. The van der Waals surface area contributed by atoms with Crippen LogP contribution in [0.2, 0.25) is 0 Å². The maximum atomic E-state index is 10.1. The van der Waals surface area contributed by atoms with Gasteiger partial charge in [-0.05, 0) is 42.6 Å². The second-order valence-electron chi connectivity index (χ2n) is 6.97. The lowest BCUT2D eigenvalue weighted by molar-refractivity contribution is 0.106. The second kappa shape index (κ2) is 10.8. The van der Waals surface area contributed by atoms with Crippen LogP contribution < -0.4 is 15.0 Å². The average molecular weight is 357 g/mol. The molecule has 2 aromatic rings. The predicted octanol–water partition coefficient (Wildman–Crippen LogP) is 3.67. The summed E-state index contributed by atoms with van der Waals surface area (Å²) < 4.78 is 5.82. The molecule has 26 heavy (non-hydrogen) atoms. The Morgan fingerprint density at radius 1 is 1.04 bits per heavy atom. The van der Waals surface area contributed by atoms with Gasteiger partial charge in [-0.15, -0.1) is 0 Å². The number of ether oxygens (including phenoxy) is 1. The minimum atomic E-state index is -0.512. The molecule has 4 heteroatoms. The molecule has 0 unspecified atom stereocenters. The molecule has 0 saturated carbocycles. The number of benzene rings is 2. The van der Waals surface area contributed by atoms with Crippen LogP contribution in [-0.2, 0) is 0 Å². The third-order valence-corrected chi connectivity index (χ3v) is 4.40. The van der Waals surface area contributed by atoms with Crippen molar-refractivity contribution in [3.05, 3.63) is 60.2 Å². The van der Waals surface area contributed by atoms with Crippen LogP contribution in [0, 0.1) is 0 Å². The first-order chi connectivity index (χ1) is 12.6. The minimum absolute atomic E-state index is 0.306. The number of hydrogen-bond donors (Lipinski definition) is 2. The van der Waals surface area contributed by atoms with E-state index in [1.807, 2.05) is 24.3 Å². The van der Waals surface area contributed by atoms with Crippen LogP contribution in [0.3, 0.4) is 0 Å². The summed E-state index contributed by atoms with van der Waals surface area (Å²) in [6.07, 6.45) is 0.511. The molecule has 2 N–H and O–H groups in total. The number of rotatable bonds is 11. The maximum Gasteiger partial charge on any atom is 0.122 e. The molecule has 0 aliphatic heterocycles. The van der Waals surface area contributed by atoms with Gasteiger partial charge in [-0.3, -0.25) is 0 Å². The van der Waals surface area contributed by atoms with Gasteiger partial charge in [-0.25, -0.2) is 0 Å². The molecule has 0 aromatic heterocycles. The quantitative estimate of drug-likeness (QED) is 0.603. The SMILES string of the molecule is CC(C)c1ccccc1OC[C@@H](O)CNCCCN(C)c1ccccc1. The minimum Gasteiger partial charge on any atom is -0.491 e. The van der Waals surface area contributed by atoms with Gasteiger partial charge in [0.25, 0.3) is 0 Å². The van der Waals surface area contributed by atoms with Crippen molar-refractivity contribution in [3.8, 4) is 5.75 Å². The summed E-state index contributed by atoms with van der Waals surface area (Å²) in [7, 11) is 2.10. The molecule has 0 spiro atoms. The Labute approximate surface area is 157 Å². The number of anilines is 1.